The molecule has 0 radical (unpaired) electrons. The summed E-state index contributed by atoms with van der Waals surface area (Å²) < 4.78 is 5.35. The van der Waals surface area contributed by atoms with Crippen LogP contribution in [0.3, 0.4) is 0 Å². The maximum absolute atomic E-state index is 12.2. The summed E-state index contributed by atoms with van der Waals surface area (Å²) in [5, 5.41) is 21.7. The molecule has 0 aromatic heterocycles. The Morgan fingerprint density at radius 1 is 1.04 bits per heavy atom. The van der Waals surface area contributed by atoms with Crippen LogP contribution in [0.5, 0.6) is 0 Å². The van der Waals surface area contributed by atoms with Crippen molar-refractivity contribution in [3.8, 4) is 11.1 Å². The summed E-state index contributed by atoms with van der Waals surface area (Å²) in [6.45, 7) is 3.83. The summed E-state index contributed by atoms with van der Waals surface area (Å²) in [6.07, 6.45) is -1.77. The Hall–Kier alpha value is -2.86. The molecule has 1 amide bonds. The first-order valence-electron chi connectivity index (χ1n) is 9.41. The quantitative estimate of drug-likeness (QED) is 0.681. The molecule has 28 heavy (non-hydrogen) atoms. The SMILES string of the molecule is CC(C)C[C@@H](O)[C@H](NC(=O)OCC1c2ccccc2-c2ccccc21)C(=O)O. The lowest BCUT2D eigenvalue weighted by Gasteiger charge is -2.22. The van der Waals surface area contributed by atoms with Crippen LogP contribution in [0.25, 0.3) is 11.1 Å². The van der Waals surface area contributed by atoms with Crippen molar-refractivity contribution >= 4 is 12.1 Å². The Kier molecular flexibility index (Phi) is 5.99. The van der Waals surface area contributed by atoms with Gasteiger partial charge in [0, 0.05) is 5.92 Å². The smallest absolute Gasteiger partial charge is 0.407 e. The lowest BCUT2D eigenvalue weighted by atomic mass is 9.98. The number of carboxylic acids is 1. The van der Waals surface area contributed by atoms with Crippen LogP contribution in [0.15, 0.2) is 48.5 Å². The van der Waals surface area contributed by atoms with Gasteiger partial charge in [0.2, 0.25) is 0 Å². The van der Waals surface area contributed by atoms with E-state index in [1.807, 2.05) is 62.4 Å². The molecule has 0 saturated carbocycles. The number of ether oxygens (including phenoxy) is 1. The van der Waals surface area contributed by atoms with Gasteiger partial charge < -0.3 is 20.3 Å². The van der Waals surface area contributed by atoms with E-state index in [2.05, 4.69) is 5.32 Å². The van der Waals surface area contributed by atoms with Gasteiger partial charge in [0.25, 0.3) is 0 Å². The summed E-state index contributed by atoms with van der Waals surface area (Å²) in [5.41, 5.74) is 4.38. The molecule has 148 valence electrons. The van der Waals surface area contributed by atoms with Crippen molar-refractivity contribution in [3.63, 3.8) is 0 Å². The van der Waals surface area contributed by atoms with E-state index in [0.29, 0.717) is 0 Å². The van der Waals surface area contributed by atoms with Gasteiger partial charge in [-0.2, -0.15) is 0 Å². The van der Waals surface area contributed by atoms with Crippen LogP contribution in [0.2, 0.25) is 0 Å². The van der Waals surface area contributed by atoms with E-state index in [4.69, 9.17) is 4.74 Å². The number of nitrogens with one attached hydrogen (secondary N) is 1. The third-order valence-corrected chi connectivity index (χ3v) is 4.98. The van der Waals surface area contributed by atoms with Crippen LogP contribution in [0.4, 0.5) is 4.79 Å². The highest BCUT2D eigenvalue weighted by atomic mass is 16.5. The zero-order valence-electron chi connectivity index (χ0n) is 16.0. The molecule has 0 spiro atoms. The van der Waals surface area contributed by atoms with E-state index in [-0.39, 0.29) is 24.9 Å². The molecular formula is C22H25NO5. The van der Waals surface area contributed by atoms with Gasteiger partial charge in [-0.1, -0.05) is 62.4 Å². The number of rotatable bonds is 7. The second-order valence-electron chi connectivity index (χ2n) is 7.48. The normalized spacial score (nSPS) is 14.9. The predicted octanol–water partition coefficient (Wildman–Crippen LogP) is 3.39. The van der Waals surface area contributed by atoms with Crippen molar-refractivity contribution < 1.29 is 24.5 Å². The summed E-state index contributed by atoms with van der Waals surface area (Å²) in [7, 11) is 0. The van der Waals surface area contributed by atoms with Crippen LogP contribution in [-0.2, 0) is 9.53 Å². The summed E-state index contributed by atoms with van der Waals surface area (Å²) in [5.74, 6) is -1.30. The van der Waals surface area contributed by atoms with Crippen LogP contribution < -0.4 is 5.32 Å². The average Bonchev–Trinajstić information content (AvgIpc) is 2.97. The third kappa shape index (κ3) is 4.17. The number of benzene rings is 2. The highest BCUT2D eigenvalue weighted by Gasteiger charge is 2.31. The molecule has 3 rings (SSSR count). The van der Waals surface area contributed by atoms with Crippen LogP contribution in [-0.4, -0.2) is 41.0 Å². The molecule has 2 aromatic carbocycles. The molecule has 0 fully saturated rings. The number of carbonyl (C=O) groups is 2. The number of aliphatic hydroxyl groups excluding tert-OH is 1. The van der Waals surface area contributed by atoms with Crippen molar-refractivity contribution in [2.75, 3.05) is 6.61 Å². The fourth-order valence-electron chi connectivity index (χ4n) is 3.71. The molecule has 3 N–H and O–H groups in total. The van der Waals surface area contributed by atoms with Gasteiger partial charge in [-0.25, -0.2) is 9.59 Å². The standard InChI is InChI=1S/C22H25NO5/c1-13(2)11-19(24)20(21(25)26)23-22(27)28-12-18-16-9-5-3-7-14(16)15-8-4-6-10-17(15)18/h3-10,13,18-20,24H,11-12H2,1-2H3,(H,23,27)(H,25,26)/t19-,20+/m1/s1. The van der Waals surface area contributed by atoms with Gasteiger partial charge in [0.05, 0.1) is 6.10 Å². The maximum Gasteiger partial charge on any atom is 0.407 e. The first kappa shape index (κ1) is 19.9. The van der Waals surface area contributed by atoms with E-state index in [1.165, 1.54) is 0 Å². The van der Waals surface area contributed by atoms with Gasteiger partial charge in [-0.15, -0.1) is 0 Å². The number of hydrogen-bond donors (Lipinski definition) is 3. The fraction of sp³-hybridized carbons (Fsp3) is 0.364. The van der Waals surface area contributed by atoms with Gasteiger partial charge in [0.15, 0.2) is 6.04 Å². The van der Waals surface area contributed by atoms with E-state index < -0.39 is 24.2 Å². The Balaban J connectivity index is 1.68. The first-order chi connectivity index (χ1) is 13.4. The Bertz CT molecular complexity index is 818. The number of carbonyl (C=O) groups excluding carboxylic acids is 1. The van der Waals surface area contributed by atoms with Gasteiger partial charge in [0.1, 0.15) is 6.61 Å². The second-order valence-corrected chi connectivity index (χ2v) is 7.48. The van der Waals surface area contributed by atoms with Crippen molar-refractivity contribution in [3.05, 3.63) is 59.7 Å². The Morgan fingerprint density at radius 3 is 2.07 bits per heavy atom. The average molecular weight is 383 g/mol. The lowest BCUT2D eigenvalue weighted by molar-refractivity contribution is -0.142. The minimum atomic E-state index is -1.40. The van der Waals surface area contributed by atoms with Crippen molar-refractivity contribution in [2.45, 2.75) is 38.3 Å². The monoisotopic (exact) mass is 383 g/mol. The Morgan fingerprint density at radius 2 is 1.57 bits per heavy atom. The van der Waals surface area contributed by atoms with Crippen molar-refractivity contribution in [1.82, 2.24) is 5.32 Å². The molecule has 2 atom stereocenters. The van der Waals surface area contributed by atoms with Crippen LogP contribution in [0, 0.1) is 5.92 Å². The number of fused-ring (bicyclic) bond motifs is 3. The first-order valence-corrected chi connectivity index (χ1v) is 9.41. The van der Waals surface area contributed by atoms with Crippen LogP contribution >= 0.6 is 0 Å². The number of aliphatic hydroxyl groups is 1. The van der Waals surface area contributed by atoms with Gasteiger partial charge >= 0.3 is 12.1 Å². The van der Waals surface area contributed by atoms with E-state index in [0.717, 1.165) is 22.3 Å². The van der Waals surface area contributed by atoms with Gasteiger partial charge in [-0.05, 0) is 34.6 Å². The largest absolute Gasteiger partial charge is 0.480 e. The molecular weight excluding hydrogens is 358 g/mol. The molecule has 6 nitrogen and oxygen atoms in total. The molecule has 0 bridgehead atoms. The summed E-state index contributed by atoms with van der Waals surface area (Å²) >= 11 is 0. The molecule has 1 aliphatic carbocycles. The van der Waals surface area contributed by atoms with E-state index in [1.54, 1.807) is 0 Å². The minimum absolute atomic E-state index is 0.0898. The summed E-state index contributed by atoms with van der Waals surface area (Å²) in [4.78, 5) is 23.6. The number of hydrogen-bond acceptors (Lipinski definition) is 4. The number of carboxylic acid groups (broad SMARTS) is 1. The number of amides is 1. The molecule has 6 heteroatoms. The highest BCUT2D eigenvalue weighted by Crippen LogP contribution is 2.44. The zero-order valence-corrected chi connectivity index (χ0v) is 16.0. The zero-order chi connectivity index (χ0) is 20.3. The molecule has 0 saturated heterocycles. The molecule has 0 unspecified atom stereocenters. The highest BCUT2D eigenvalue weighted by molar-refractivity contribution is 5.81. The topological polar surface area (TPSA) is 95.9 Å². The minimum Gasteiger partial charge on any atom is -0.480 e. The van der Waals surface area contributed by atoms with Crippen LogP contribution in [0.1, 0.15) is 37.3 Å². The molecule has 2 aromatic rings. The second kappa shape index (κ2) is 8.44. The van der Waals surface area contributed by atoms with Crippen molar-refractivity contribution in [1.29, 1.82) is 0 Å². The van der Waals surface area contributed by atoms with E-state index >= 15 is 0 Å². The molecule has 0 heterocycles. The third-order valence-electron chi connectivity index (χ3n) is 4.98. The lowest BCUT2D eigenvalue weighted by Crippen LogP contribution is -2.49. The fourth-order valence-corrected chi connectivity index (χ4v) is 3.71. The Labute approximate surface area is 164 Å². The maximum atomic E-state index is 12.2. The summed E-state index contributed by atoms with van der Waals surface area (Å²) in [6, 6.07) is 14.5. The predicted molar refractivity (Wildman–Crippen MR) is 105 cm³/mol. The number of alkyl carbamates (subject to hydrolysis) is 1. The van der Waals surface area contributed by atoms with E-state index in [9.17, 15) is 19.8 Å². The molecule has 1 aliphatic rings. The number of aliphatic carboxylic acids is 1. The van der Waals surface area contributed by atoms with Crippen molar-refractivity contribution in [2.24, 2.45) is 5.92 Å². The molecule has 0 aliphatic heterocycles. The van der Waals surface area contributed by atoms with Gasteiger partial charge in [-0.3, -0.25) is 0 Å².